The highest BCUT2D eigenvalue weighted by Crippen LogP contribution is 2.52. The average Bonchev–Trinajstić information content (AvgIpc) is 2.56. The first kappa shape index (κ1) is 6.89. The van der Waals surface area contributed by atoms with E-state index in [0.717, 1.165) is 0 Å². The molecule has 5 unspecified atom stereocenters. The van der Waals surface area contributed by atoms with Gasteiger partial charge in [0.05, 0.1) is 12.0 Å². The van der Waals surface area contributed by atoms with E-state index in [0.29, 0.717) is 11.8 Å². The minimum atomic E-state index is -0.0376. The Morgan fingerprint density at radius 3 is 2.50 bits per heavy atom. The van der Waals surface area contributed by atoms with Gasteiger partial charge in [-0.05, 0) is 5.92 Å². The molecule has 0 aromatic carbocycles. The van der Waals surface area contributed by atoms with Gasteiger partial charge >= 0.3 is 5.97 Å². The lowest BCUT2D eigenvalue weighted by Gasteiger charge is -2.22. The fraction of sp³-hybridized carbons (Fsp3) is 0.889. The van der Waals surface area contributed by atoms with Crippen LogP contribution in [0, 0.1) is 17.8 Å². The predicted molar refractivity (Wildman–Crippen MR) is 40.4 cm³/mol. The Morgan fingerprint density at radius 2 is 1.83 bits per heavy atom. The minimum absolute atomic E-state index is 0.0376. The van der Waals surface area contributed by atoms with Crippen LogP contribution in [0.25, 0.3) is 0 Å². The van der Waals surface area contributed by atoms with Crippen LogP contribution in [0.3, 0.4) is 0 Å². The topological polar surface area (TPSA) is 35.5 Å². The molecule has 6 atom stereocenters. The zero-order valence-corrected chi connectivity index (χ0v) is 7.19. The van der Waals surface area contributed by atoms with Gasteiger partial charge in [0.15, 0.2) is 0 Å². The first-order valence-electron chi connectivity index (χ1n) is 4.56. The van der Waals surface area contributed by atoms with Crippen molar-refractivity contribution in [3.05, 3.63) is 0 Å². The number of hydrogen-bond acceptors (Lipinski definition) is 3. The predicted octanol–water partition coefficient (Wildman–Crippen LogP) is 0.581. The van der Waals surface area contributed by atoms with Crippen molar-refractivity contribution in [3.63, 3.8) is 0 Å². The summed E-state index contributed by atoms with van der Waals surface area (Å²) in [4.78, 5) is 11.3. The van der Waals surface area contributed by atoms with E-state index >= 15 is 0 Å². The lowest BCUT2D eigenvalue weighted by Crippen LogP contribution is -2.35. The van der Waals surface area contributed by atoms with Crippen molar-refractivity contribution in [1.29, 1.82) is 0 Å². The molecule has 0 aromatic heterocycles. The molecule has 3 rings (SSSR count). The third-order valence-corrected chi connectivity index (χ3v) is 3.64. The largest absolute Gasteiger partial charge is 0.459 e. The number of fused-ring (bicyclic) bond motifs is 1. The highest BCUT2D eigenvalue weighted by Gasteiger charge is 2.65. The zero-order chi connectivity index (χ0) is 8.46. The summed E-state index contributed by atoms with van der Waals surface area (Å²) in [5.74, 6) is 0.754. The maximum atomic E-state index is 11.3. The molecule has 3 aliphatic heterocycles. The van der Waals surface area contributed by atoms with Crippen LogP contribution in [0.2, 0.25) is 0 Å². The van der Waals surface area contributed by atoms with Crippen LogP contribution in [0.4, 0.5) is 0 Å². The highest BCUT2D eigenvalue weighted by atomic mass is 16.6. The normalized spacial score (nSPS) is 61.0. The first-order chi connectivity index (χ1) is 5.70. The van der Waals surface area contributed by atoms with Crippen LogP contribution in [0.5, 0.6) is 0 Å². The van der Waals surface area contributed by atoms with Gasteiger partial charge in [0.1, 0.15) is 12.2 Å². The number of hydrogen-bond donors (Lipinski definition) is 0. The molecule has 3 aliphatic rings. The summed E-state index contributed by atoms with van der Waals surface area (Å²) in [6.07, 6.45) is 0.396. The van der Waals surface area contributed by atoms with Crippen LogP contribution in [0.1, 0.15) is 13.8 Å². The molecule has 2 bridgehead atoms. The van der Waals surface area contributed by atoms with E-state index in [-0.39, 0.29) is 30.2 Å². The smallest absolute Gasteiger partial charge is 0.312 e. The first-order valence-corrected chi connectivity index (χ1v) is 4.56. The fourth-order valence-corrected chi connectivity index (χ4v) is 3.00. The Kier molecular flexibility index (Phi) is 1.06. The molecular formula is C9H12O3. The Labute approximate surface area is 71.0 Å². The van der Waals surface area contributed by atoms with Crippen molar-refractivity contribution in [1.82, 2.24) is 0 Å². The molecule has 0 aromatic rings. The lowest BCUT2D eigenvalue weighted by atomic mass is 9.76. The molecule has 0 spiro atoms. The van der Waals surface area contributed by atoms with Crippen molar-refractivity contribution in [2.75, 3.05) is 0 Å². The van der Waals surface area contributed by atoms with E-state index in [4.69, 9.17) is 9.47 Å². The van der Waals surface area contributed by atoms with Crippen molar-refractivity contribution < 1.29 is 14.3 Å². The number of esters is 1. The molecule has 66 valence electrons. The van der Waals surface area contributed by atoms with Gasteiger partial charge in [-0.3, -0.25) is 4.79 Å². The summed E-state index contributed by atoms with van der Waals surface area (Å²) in [5, 5.41) is 0. The molecule has 0 amide bonds. The average molecular weight is 168 g/mol. The maximum Gasteiger partial charge on any atom is 0.312 e. The second-order valence-corrected chi connectivity index (χ2v) is 4.21. The van der Waals surface area contributed by atoms with Gasteiger partial charge in [0, 0.05) is 5.92 Å². The van der Waals surface area contributed by atoms with E-state index < -0.39 is 0 Å². The molecular weight excluding hydrogens is 156 g/mol. The van der Waals surface area contributed by atoms with Gasteiger partial charge in [0.2, 0.25) is 0 Å². The molecule has 3 nitrogen and oxygen atoms in total. The van der Waals surface area contributed by atoms with Crippen LogP contribution in [-0.2, 0) is 14.3 Å². The molecule has 3 saturated heterocycles. The van der Waals surface area contributed by atoms with Gasteiger partial charge in [-0.2, -0.15) is 0 Å². The summed E-state index contributed by atoms with van der Waals surface area (Å²) >= 11 is 0. The lowest BCUT2D eigenvalue weighted by molar-refractivity contribution is -0.144. The van der Waals surface area contributed by atoms with E-state index in [2.05, 4.69) is 13.8 Å². The third kappa shape index (κ3) is 0.534. The fourth-order valence-electron chi connectivity index (χ4n) is 3.00. The van der Waals surface area contributed by atoms with Gasteiger partial charge < -0.3 is 9.47 Å². The number of carbonyl (C=O) groups is 1. The molecule has 3 heteroatoms. The molecule has 0 radical (unpaired) electrons. The second kappa shape index (κ2) is 1.84. The Bertz CT molecular complexity index is 250. The van der Waals surface area contributed by atoms with Gasteiger partial charge in [-0.25, -0.2) is 0 Å². The van der Waals surface area contributed by atoms with E-state index in [1.165, 1.54) is 0 Å². The highest BCUT2D eigenvalue weighted by molar-refractivity contribution is 5.77. The maximum absolute atomic E-state index is 11.3. The minimum Gasteiger partial charge on any atom is -0.459 e. The standard InChI is InChI=1S/C9H12O3/c1-3-5-8-7(12-9(5)10)4(2)6(3)11-8/h3-8H,1-2H3/t3?,4-,5?,6?,7?,8?/m1/s1. The zero-order valence-electron chi connectivity index (χ0n) is 7.19. The Morgan fingerprint density at radius 1 is 1.08 bits per heavy atom. The molecule has 3 heterocycles. The summed E-state index contributed by atoms with van der Waals surface area (Å²) < 4.78 is 11.0. The summed E-state index contributed by atoms with van der Waals surface area (Å²) in [6, 6.07) is 0. The number of rotatable bonds is 0. The van der Waals surface area contributed by atoms with Crippen molar-refractivity contribution >= 4 is 5.97 Å². The molecule has 12 heavy (non-hydrogen) atoms. The van der Waals surface area contributed by atoms with Crippen LogP contribution in [0.15, 0.2) is 0 Å². The van der Waals surface area contributed by atoms with Crippen LogP contribution in [-0.4, -0.2) is 24.3 Å². The third-order valence-electron chi connectivity index (χ3n) is 3.64. The summed E-state index contributed by atoms with van der Waals surface area (Å²) in [6.45, 7) is 4.20. The molecule has 0 saturated carbocycles. The van der Waals surface area contributed by atoms with Crippen molar-refractivity contribution in [3.8, 4) is 0 Å². The van der Waals surface area contributed by atoms with Crippen molar-refractivity contribution in [2.45, 2.75) is 32.2 Å². The van der Waals surface area contributed by atoms with E-state index in [1.807, 2.05) is 0 Å². The monoisotopic (exact) mass is 168 g/mol. The SMILES string of the molecule is CC1C2C(=O)OC3C2OC1[C@H]3C. The Hall–Kier alpha value is -0.570. The van der Waals surface area contributed by atoms with Crippen LogP contribution < -0.4 is 0 Å². The second-order valence-electron chi connectivity index (χ2n) is 4.21. The van der Waals surface area contributed by atoms with E-state index in [1.54, 1.807) is 0 Å². The Balaban J connectivity index is 2.06. The van der Waals surface area contributed by atoms with Gasteiger partial charge in [-0.15, -0.1) is 0 Å². The summed E-state index contributed by atoms with van der Waals surface area (Å²) in [7, 11) is 0. The van der Waals surface area contributed by atoms with Gasteiger partial charge in [0.25, 0.3) is 0 Å². The molecule has 0 aliphatic carbocycles. The van der Waals surface area contributed by atoms with Gasteiger partial charge in [-0.1, -0.05) is 13.8 Å². The quantitative estimate of drug-likeness (QED) is 0.496. The van der Waals surface area contributed by atoms with Crippen LogP contribution >= 0.6 is 0 Å². The molecule has 0 N–H and O–H groups in total. The number of ether oxygens (including phenoxy) is 2. The molecule has 3 fully saturated rings. The summed E-state index contributed by atoms with van der Waals surface area (Å²) in [5.41, 5.74) is 0. The van der Waals surface area contributed by atoms with Crippen molar-refractivity contribution in [2.24, 2.45) is 17.8 Å². The number of carbonyl (C=O) groups excluding carboxylic acids is 1. The van der Waals surface area contributed by atoms with E-state index in [9.17, 15) is 4.79 Å².